The van der Waals surface area contributed by atoms with Crippen molar-refractivity contribution in [1.82, 2.24) is 14.7 Å². The van der Waals surface area contributed by atoms with Crippen molar-refractivity contribution in [3.8, 4) is 5.69 Å². The van der Waals surface area contributed by atoms with Crippen LogP contribution in [0.4, 0.5) is 8.78 Å². The normalized spacial score (nSPS) is 12.2. The molecule has 2 aromatic rings. The first-order valence-corrected chi connectivity index (χ1v) is 6.32. The lowest BCUT2D eigenvalue weighted by atomic mass is 10.2. The summed E-state index contributed by atoms with van der Waals surface area (Å²) in [6.07, 6.45) is 2.66. The van der Waals surface area contributed by atoms with E-state index in [-0.39, 0.29) is 29.8 Å². The average molecular weight is 295 g/mol. The number of hydrogen-bond acceptors (Lipinski definition) is 3. The minimum atomic E-state index is -0.769. The third-order valence-electron chi connectivity index (χ3n) is 3.23. The molecule has 0 aliphatic rings. The number of carbonyl (C=O) groups excluding carboxylic acids is 1. The van der Waals surface area contributed by atoms with Gasteiger partial charge in [0.25, 0.3) is 5.91 Å². The number of nitrogens with zero attached hydrogens (tertiary/aromatic N) is 3. The molecule has 1 N–H and O–H groups in total. The zero-order valence-corrected chi connectivity index (χ0v) is 11.6. The van der Waals surface area contributed by atoms with Gasteiger partial charge in [-0.3, -0.25) is 4.79 Å². The van der Waals surface area contributed by atoms with Crippen LogP contribution in [0.15, 0.2) is 30.6 Å². The van der Waals surface area contributed by atoms with Gasteiger partial charge in [-0.2, -0.15) is 5.10 Å². The minimum absolute atomic E-state index is 0.0494. The second-order valence-corrected chi connectivity index (χ2v) is 4.72. The summed E-state index contributed by atoms with van der Waals surface area (Å²) in [5, 5.41) is 13.0. The maximum atomic E-state index is 13.7. The molecule has 1 aromatic carbocycles. The first-order chi connectivity index (χ1) is 9.93. The number of benzene rings is 1. The van der Waals surface area contributed by atoms with Gasteiger partial charge >= 0.3 is 0 Å². The Bertz CT molecular complexity index is 657. The fraction of sp³-hybridized carbons (Fsp3) is 0.286. The molecule has 1 aromatic heterocycles. The molecule has 0 saturated heterocycles. The van der Waals surface area contributed by atoms with E-state index >= 15 is 0 Å². The Labute approximate surface area is 120 Å². The second kappa shape index (κ2) is 6.01. The topological polar surface area (TPSA) is 58.4 Å². The Morgan fingerprint density at radius 2 is 2.19 bits per heavy atom. The van der Waals surface area contributed by atoms with Crippen LogP contribution < -0.4 is 0 Å². The predicted octanol–water partition coefficient (Wildman–Crippen LogP) is 1.60. The number of likely N-dealkylation sites (N-methyl/N-ethyl adjacent to an activating group) is 1. The Morgan fingerprint density at radius 3 is 2.81 bits per heavy atom. The van der Waals surface area contributed by atoms with E-state index in [1.54, 1.807) is 14.0 Å². The summed E-state index contributed by atoms with van der Waals surface area (Å²) < 4.78 is 27.7. The van der Waals surface area contributed by atoms with Crippen molar-refractivity contribution < 1.29 is 18.7 Å². The molecular formula is C14H15F2N3O2. The van der Waals surface area contributed by atoms with Crippen molar-refractivity contribution >= 4 is 5.91 Å². The maximum Gasteiger partial charge on any atom is 0.257 e. The first-order valence-electron chi connectivity index (χ1n) is 6.32. The van der Waals surface area contributed by atoms with Crippen LogP contribution >= 0.6 is 0 Å². The van der Waals surface area contributed by atoms with Crippen molar-refractivity contribution in [3.05, 3.63) is 47.8 Å². The Morgan fingerprint density at radius 1 is 1.48 bits per heavy atom. The molecule has 1 heterocycles. The van der Waals surface area contributed by atoms with Gasteiger partial charge in [-0.05, 0) is 19.1 Å². The van der Waals surface area contributed by atoms with Crippen molar-refractivity contribution in [1.29, 1.82) is 0 Å². The molecule has 21 heavy (non-hydrogen) atoms. The molecule has 1 amide bonds. The highest BCUT2D eigenvalue weighted by Gasteiger charge is 2.19. The van der Waals surface area contributed by atoms with Gasteiger partial charge in [0.05, 0.1) is 24.4 Å². The Kier molecular flexibility index (Phi) is 4.32. The highest BCUT2D eigenvalue weighted by Crippen LogP contribution is 2.15. The monoisotopic (exact) mass is 295 g/mol. The third-order valence-corrected chi connectivity index (χ3v) is 3.23. The zero-order valence-electron chi connectivity index (χ0n) is 11.6. The van der Waals surface area contributed by atoms with Gasteiger partial charge in [0, 0.05) is 19.3 Å². The third kappa shape index (κ3) is 3.08. The Balaban J connectivity index is 2.27. The maximum absolute atomic E-state index is 13.7. The number of aliphatic hydroxyl groups is 1. The van der Waals surface area contributed by atoms with Gasteiger partial charge in [-0.25, -0.2) is 13.5 Å². The van der Waals surface area contributed by atoms with Crippen LogP contribution in [0.1, 0.15) is 17.3 Å². The van der Waals surface area contributed by atoms with Crippen LogP contribution in [0.2, 0.25) is 0 Å². The molecule has 5 nitrogen and oxygen atoms in total. The minimum Gasteiger partial charge on any atom is -0.394 e. The lowest BCUT2D eigenvalue weighted by molar-refractivity contribution is 0.0682. The van der Waals surface area contributed by atoms with Gasteiger partial charge in [0.2, 0.25) is 0 Å². The summed E-state index contributed by atoms with van der Waals surface area (Å²) in [4.78, 5) is 13.5. The van der Waals surface area contributed by atoms with Gasteiger partial charge in [0.1, 0.15) is 11.5 Å². The molecule has 7 heteroatoms. The van der Waals surface area contributed by atoms with Crippen molar-refractivity contribution in [3.63, 3.8) is 0 Å². The quantitative estimate of drug-likeness (QED) is 0.932. The summed E-state index contributed by atoms with van der Waals surface area (Å²) in [7, 11) is 1.55. The Hall–Kier alpha value is -2.28. The van der Waals surface area contributed by atoms with Crippen LogP contribution in [0.3, 0.4) is 0 Å². The number of halogens is 2. The van der Waals surface area contributed by atoms with Crippen LogP contribution in [-0.4, -0.2) is 45.4 Å². The second-order valence-electron chi connectivity index (χ2n) is 4.72. The summed E-state index contributed by atoms with van der Waals surface area (Å²) >= 11 is 0. The van der Waals surface area contributed by atoms with Crippen molar-refractivity contribution in [2.24, 2.45) is 0 Å². The molecule has 0 aliphatic heterocycles. The summed E-state index contributed by atoms with van der Waals surface area (Å²) in [6, 6.07) is 2.76. The number of aliphatic hydroxyl groups excluding tert-OH is 1. The summed E-state index contributed by atoms with van der Waals surface area (Å²) in [5.74, 6) is -1.80. The van der Waals surface area contributed by atoms with Gasteiger partial charge in [0.15, 0.2) is 5.82 Å². The summed E-state index contributed by atoms with van der Waals surface area (Å²) in [6.45, 7) is 1.53. The van der Waals surface area contributed by atoms with Gasteiger partial charge in [-0.15, -0.1) is 0 Å². The average Bonchev–Trinajstić information content (AvgIpc) is 2.94. The zero-order chi connectivity index (χ0) is 15.6. The van der Waals surface area contributed by atoms with Crippen LogP contribution in [-0.2, 0) is 0 Å². The van der Waals surface area contributed by atoms with Crippen molar-refractivity contribution in [2.75, 3.05) is 13.7 Å². The number of aromatic nitrogens is 2. The molecule has 0 aliphatic carbocycles. The van der Waals surface area contributed by atoms with E-state index in [9.17, 15) is 13.6 Å². The smallest absolute Gasteiger partial charge is 0.257 e. The molecule has 2 rings (SSSR count). The van der Waals surface area contributed by atoms with Gasteiger partial charge < -0.3 is 10.0 Å². The molecular weight excluding hydrogens is 280 g/mol. The van der Waals surface area contributed by atoms with E-state index in [2.05, 4.69) is 5.10 Å². The standard InChI is InChI=1S/C14H15F2N3O2/c1-9(8-20)18(2)14(21)10-6-17-19(7-10)13-4-3-11(15)5-12(13)16/h3-7,9,20H,8H2,1-2H3. The van der Waals surface area contributed by atoms with E-state index in [1.807, 2.05) is 0 Å². The number of rotatable bonds is 4. The van der Waals surface area contributed by atoms with Crippen LogP contribution in [0.5, 0.6) is 0 Å². The summed E-state index contributed by atoms with van der Waals surface area (Å²) in [5.41, 5.74) is 0.301. The molecule has 0 bridgehead atoms. The highest BCUT2D eigenvalue weighted by molar-refractivity contribution is 5.93. The van der Waals surface area contributed by atoms with Gasteiger partial charge in [-0.1, -0.05) is 0 Å². The molecule has 1 atom stereocenters. The largest absolute Gasteiger partial charge is 0.394 e. The van der Waals surface area contributed by atoms with Crippen molar-refractivity contribution in [2.45, 2.75) is 13.0 Å². The first kappa shape index (κ1) is 15.1. The fourth-order valence-corrected chi connectivity index (χ4v) is 1.76. The molecule has 0 radical (unpaired) electrons. The number of amides is 1. The van der Waals surface area contributed by atoms with Crippen LogP contribution in [0.25, 0.3) is 5.69 Å². The van der Waals surface area contributed by atoms with E-state index in [1.165, 1.54) is 28.0 Å². The predicted molar refractivity (Wildman–Crippen MR) is 72.1 cm³/mol. The van der Waals surface area contributed by atoms with E-state index in [4.69, 9.17) is 5.11 Å². The SMILES string of the molecule is CC(CO)N(C)C(=O)c1cnn(-c2ccc(F)cc2F)c1. The lowest BCUT2D eigenvalue weighted by Crippen LogP contribution is -2.37. The molecule has 0 saturated carbocycles. The van der Waals surface area contributed by atoms with E-state index in [0.717, 1.165) is 12.1 Å². The fourth-order valence-electron chi connectivity index (χ4n) is 1.76. The molecule has 1 unspecified atom stereocenters. The molecule has 0 fully saturated rings. The number of carbonyl (C=O) groups is 1. The number of hydrogen-bond donors (Lipinski definition) is 1. The highest BCUT2D eigenvalue weighted by atomic mass is 19.1. The van der Waals surface area contributed by atoms with Crippen LogP contribution in [0, 0.1) is 11.6 Å². The molecule has 112 valence electrons. The molecule has 0 spiro atoms. The lowest BCUT2D eigenvalue weighted by Gasteiger charge is -2.22. The van der Waals surface area contributed by atoms with E-state index < -0.39 is 11.6 Å². The van der Waals surface area contributed by atoms with E-state index in [0.29, 0.717) is 0 Å².